The first-order chi connectivity index (χ1) is 11.1. The molecule has 0 unspecified atom stereocenters. The molecule has 0 bridgehead atoms. The summed E-state index contributed by atoms with van der Waals surface area (Å²) in [6, 6.07) is 9.08. The summed E-state index contributed by atoms with van der Waals surface area (Å²) in [7, 11) is 5.51. The van der Waals surface area contributed by atoms with E-state index < -0.39 is 0 Å². The number of amides is 1. The van der Waals surface area contributed by atoms with Gasteiger partial charge in [0.05, 0.1) is 7.11 Å². The second-order valence-corrected chi connectivity index (χ2v) is 5.20. The number of carbonyl (C=O) groups is 1. The molecular formula is C16H21N5O2. The topological polar surface area (TPSA) is 79.4 Å². The second kappa shape index (κ2) is 8.09. The van der Waals surface area contributed by atoms with Crippen LogP contribution in [0.2, 0.25) is 0 Å². The third-order valence-corrected chi connectivity index (χ3v) is 3.09. The molecule has 0 aliphatic heterocycles. The molecule has 0 radical (unpaired) electrons. The van der Waals surface area contributed by atoms with Crippen LogP contribution in [0.4, 0.5) is 11.5 Å². The summed E-state index contributed by atoms with van der Waals surface area (Å²) in [5.74, 6) is 1.07. The molecule has 2 rings (SSSR count). The molecule has 1 amide bonds. The van der Waals surface area contributed by atoms with Crippen molar-refractivity contribution in [2.75, 3.05) is 39.6 Å². The lowest BCUT2D eigenvalue weighted by Crippen LogP contribution is -2.31. The lowest BCUT2D eigenvalue weighted by molar-refractivity contribution is 0.0946. The number of hydrogen-bond donors (Lipinski definition) is 2. The van der Waals surface area contributed by atoms with Crippen molar-refractivity contribution in [3.8, 4) is 5.75 Å². The van der Waals surface area contributed by atoms with Gasteiger partial charge in [-0.3, -0.25) is 4.79 Å². The first kappa shape index (κ1) is 16.7. The molecular weight excluding hydrogens is 294 g/mol. The van der Waals surface area contributed by atoms with Crippen molar-refractivity contribution in [1.29, 1.82) is 0 Å². The van der Waals surface area contributed by atoms with Gasteiger partial charge in [0, 0.05) is 30.9 Å². The number of methoxy groups -OCH3 is 1. The van der Waals surface area contributed by atoms with Gasteiger partial charge in [-0.25, -0.2) is 9.97 Å². The van der Waals surface area contributed by atoms with Crippen molar-refractivity contribution >= 4 is 17.4 Å². The van der Waals surface area contributed by atoms with E-state index in [-0.39, 0.29) is 5.91 Å². The Hall–Kier alpha value is -2.67. The summed E-state index contributed by atoms with van der Waals surface area (Å²) < 4.78 is 5.18. The molecule has 7 nitrogen and oxygen atoms in total. The summed E-state index contributed by atoms with van der Waals surface area (Å²) in [6.45, 7) is 1.33. The summed E-state index contributed by atoms with van der Waals surface area (Å²) in [4.78, 5) is 22.2. The summed E-state index contributed by atoms with van der Waals surface area (Å²) in [5, 5.41) is 5.95. The van der Waals surface area contributed by atoms with Crippen molar-refractivity contribution in [3.63, 3.8) is 0 Å². The highest BCUT2D eigenvalue weighted by molar-refractivity contribution is 5.92. The molecule has 7 heteroatoms. The van der Waals surface area contributed by atoms with Gasteiger partial charge in [-0.15, -0.1) is 0 Å². The van der Waals surface area contributed by atoms with Gasteiger partial charge in [0.2, 0.25) is 0 Å². The number of benzene rings is 1. The van der Waals surface area contributed by atoms with Crippen LogP contribution in [0.1, 0.15) is 10.5 Å². The zero-order valence-corrected chi connectivity index (χ0v) is 13.5. The average Bonchev–Trinajstić information content (AvgIpc) is 2.55. The van der Waals surface area contributed by atoms with Crippen LogP contribution < -0.4 is 15.4 Å². The van der Waals surface area contributed by atoms with Gasteiger partial charge >= 0.3 is 0 Å². The van der Waals surface area contributed by atoms with Crippen LogP contribution in [0.15, 0.2) is 36.7 Å². The Kier molecular flexibility index (Phi) is 5.87. The maximum atomic E-state index is 12.1. The second-order valence-electron chi connectivity index (χ2n) is 5.20. The van der Waals surface area contributed by atoms with Crippen molar-refractivity contribution in [2.45, 2.75) is 0 Å². The fraction of sp³-hybridized carbons (Fsp3) is 0.312. The van der Waals surface area contributed by atoms with E-state index in [4.69, 9.17) is 4.74 Å². The van der Waals surface area contributed by atoms with Gasteiger partial charge in [0.1, 0.15) is 23.6 Å². The zero-order chi connectivity index (χ0) is 16.7. The molecule has 122 valence electrons. The zero-order valence-electron chi connectivity index (χ0n) is 13.5. The van der Waals surface area contributed by atoms with Crippen LogP contribution >= 0.6 is 0 Å². The molecule has 1 aromatic heterocycles. The van der Waals surface area contributed by atoms with Crippen molar-refractivity contribution in [1.82, 2.24) is 20.2 Å². The Morgan fingerprint density at radius 2 is 2.09 bits per heavy atom. The minimum absolute atomic E-state index is 0.219. The monoisotopic (exact) mass is 315 g/mol. The van der Waals surface area contributed by atoms with Crippen LogP contribution in [0.3, 0.4) is 0 Å². The number of rotatable bonds is 7. The molecule has 1 aromatic carbocycles. The number of ether oxygens (including phenoxy) is 1. The highest BCUT2D eigenvalue weighted by Gasteiger charge is 2.08. The van der Waals surface area contributed by atoms with Gasteiger partial charge in [-0.05, 0) is 26.2 Å². The quantitative estimate of drug-likeness (QED) is 0.806. The Balaban J connectivity index is 2.02. The highest BCUT2D eigenvalue weighted by Crippen LogP contribution is 2.20. The first-order valence-electron chi connectivity index (χ1n) is 7.24. The fourth-order valence-electron chi connectivity index (χ4n) is 1.88. The molecule has 0 aliphatic carbocycles. The molecule has 0 fully saturated rings. The SMILES string of the molecule is COc1cccc(Nc2cc(C(=O)NCCN(C)C)ncn2)c1. The maximum absolute atomic E-state index is 12.1. The van der Waals surface area contributed by atoms with Gasteiger partial charge in [-0.2, -0.15) is 0 Å². The smallest absolute Gasteiger partial charge is 0.270 e. The Labute approximate surface area is 135 Å². The minimum atomic E-state index is -0.219. The number of aromatic nitrogens is 2. The maximum Gasteiger partial charge on any atom is 0.270 e. The summed E-state index contributed by atoms with van der Waals surface area (Å²) in [6.07, 6.45) is 1.36. The lowest BCUT2D eigenvalue weighted by atomic mass is 10.3. The van der Waals surface area contributed by atoms with Crippen LogP contribution in [0, 0.1) is 0 Å². The molecule has 0 atom stereocenters. The van der Waals surface area contributed by atoms with E-state index in [1.807, 2.05) is 43.3 Å². The van der Waals surface area contributed by atoms with E-state index in [0.717, 1.165) is 18.0 Å². The highest BCUT2D eigenvalue weighted by atomic mass is 16.5. The van der Waals surface area contributed by atoms with Crippen LogP contribution in [-0.2, 0) is 0 Å². The van der Waals surface area contributed by atoms with E-state index in [0.29, 0.717) is 18.1 Å². The largest absolute Gasteiger partial charge is 0.497 e. The molecule has 2 N–H and O–H groups in total. The van der Waals surface area contributed by atoms with E-state index in [1.165, 1.54) is 6.33 Å². The number of hydrogen-bond acceptors (Lipinski definition) is 6. The number of carbonyl (C=O) groups excluding carboxylic acids is 1. The number of anilines is 2. The molecule has 0 aliphatic rings. The Morgan fingerprint density at radius 3 is 2.83 bits per heavy atom. The van der Waals surface area contributed by atoms with E-state index in [1.54, 1.807) is 13.2 Å². The van der Waals surface area contributed by atoms with E-state index in [2.05, 4.69) is 20.6 Å². The molecule has 23 heavy (non-hydrogen) atoms. The third-order valence-electron chi connectivity index (χ3n) is 3.09. The predicted octanol–water partition coefficient (Wildman–Crippen LogP) is 1.52. The van der Waals surface area contributed by atoms with E-state index in [9.17, 15) is 4.79 Å². The van der Waals surface area contributed by atoms with Crippen LogP contribution in [0.5, 0.6) is 5.75 Å². The normalized spacial score (nSPS) is 10.4. The van der Waals surface area contributed by atoms with Crippen molar-refractivity contribution in [3.05, 3.63) is 42.4 Å². The van der Waals surface area contributed by atoms with Crippen molar-refractivity contribution in [2.24, 2.45) is 0 Å². The van der Waals surface area contributed by atoms with Gasteiger partial charge < -0.3 is 20.3 Å². The average molecular weight is 315 g/mol. The number of likely N-dealkylation sites (N-methyl/N-ethyl adjacent to an activating group) is 1. The summed E-state index contributed by atoms with van der Waals surface area (Å²) >= 11 is 0. The van der Waals surface area contributed by atoms with Gasteiger partial charge in [0.25, 0.3) is 5.91 Å². The van der Waals surface area contributed by atoms with Crippen LogP contribution in [-0.4, -0.2) is 55.1 Å². The molecule has 0 saturated carbocycles. The lowest BCUT2D eigenvalue weighted by Gasteiger charge is -2.11. The standard InChI is InChI=1S/C16H21N5O2/c1-21(2)8-7-17-16(22)14-10-15(19-11-18-14)20-12-5-4-6-13(9-12)23-3/h4-6,9-11H,7-8H2,1-3H3,(H,17,22)(H,18,19,20). The van der Waals surface area contributed by atoms with Gasteiger partial charge in [-0.1, -0.05) is 6.07 Å². The number of nitrogens with one attached hydrogen (secondary N) is 2. The van der Waals surface area contributed by atoms with E-state index >= 15 is 0 Å². The Bertz CT molecular complexity index is 660. The Morgan fingerprint density at radius 1 is 1.26 bits per heavy atom. The van der Waals surface area contributed by atoms with Gasteiger partial charge in [0.15, 0.2) is 0 Å². The molecule has 0 saturated heterocycles. The molecule has 0 spiro atoms. The van der Waals surface area contributed by atoms with Crippen LogP contribution in [0.25, 0.3) is 0 Å². The van der Waals surface area contributed by atoms with Crippen molar-refractivity contribution < 1.29 is 9.53 Å². The third kappa shape index (κ3) is 5.23. The first-order valence-corrected chi connectivity index (χ1v) is 7.24. The fourth-order valence-corrected chi connectivity index (χ4v) is 1.88. The summed E-state index contributed by atoms with van der Waals surface area (Å²) in [5.41, 5.74) is 1.14. The predicted molar refractivity (Wildman–Crippen MR) is 89.2 cm³/mol. The molecule has 2 aromatic rings. The number of nitrogens with zero attached hydrogens (tertiary/aromatic N) is 3. The molecule has 1 heterocycles. The minimum Gasteiger partial charge on any atom is -0.497 e.